The topological polar surface area (TPSA) is 88.4 Å². The number of nitrogens with one attached hydrogen (secondary N) is 2. The van der Waals surface area contributed by atoms with Gasteiger partial charge >= 0.3 is 0 Å². The van der Waals surface area contributed by atoms with Gasteiger partial charge in [-0.2, -0.15) is 5.10 Å². The summed E-state index contributed by atoms with van der Waals surface area (Å²) < 4.78 is 7.70. The third-order valence-corrected chi connectivity index (χ3v) is 6.06. The van der Waals surface area contributed by atoms with Crippen LogP contribution < -0.4 is 10.6 Å². The first kappa shape index (κ1) is 20.3. The number of fused-ring (bicyclic) bond motifs is 1. The lowest BCUT2D eigenvalue weighted by molar-refractivity contribution is -0.0510. The monoisotopic (exact) mass is 400 g/mol. The Morgan fingerprint density at radius 1 is 1.34 bits per heavy atom. The van der Waals surface area contributed by atoms with Crippen LogP contribution in [0.5, 0.6) is 0 Å². The van der Waals surface area contributed by atoms with Crippen molar-refractivity contribution >= 4 is 16.8 Å². The maximum absolute atomic E-state index is 12.9. The fourth-order valence-electron chi connectivity index (χ4n) is 4.49. The summed E-state index contributed by atoms with van der Waals surface area (Å²) in [4.78, 5) is 12.9. The van der Waals surface area contributed by atoms with Crippen molar-refractivity contribution in [3.05, 3.63) is 30.0 Å². The Morgan fingerprint density at radius 2 is 2.17 bits per heavy atom. The van der Waals surface area contributed by atoms with Crippen LogP contribution in [0.25, 0.3) is 10.9 Å². The minimum atomic E-state index is -0.232. The summed E-state index contributed by atoms with van der Waals surface area (Å²) in [6.07, 6.45) is 4.21. The highest BCUT2D eigenvalue weighted by Crippen LogP contribution is 2.23. The number of para-hydroxylation sites is 1. The van der Waals surface area contributed by atoms with Crippen molar-refractivity contribution in [2.45, 2.75) is 76.3 Å². The Labute approximate surface area is 171 Å². The molecule has 0 aliphatic carbocycles. The molecule has 1 aromatic heterocycles. The van der Waals surface area contributed by atoms with Crippen LogP contribution in [0.3, 0.4) is 0 Å². The molecule has 0 spiro atoms. The summed E-state index contributed by atoms with van der Waals surface area (Å²) in [5.74, 6) is -0.107. The molecule has 2 aromatic rings. The van der Waals surface area contributed by atoms with E-state index in [4.69, 9.17) is 4.74 Å². The molecule has 7 heteroatoms. The molecule has 2 aliphatic rings. The molecule has 0 radical (unpaired) electrons. The van der Waals surface area contributed by atoms with Crippen molar-refractivity contribution in [3.8, 4) is 0 Å². The van der Waals surface area contributed by atoms with E-state index >= 15 is 0 Å². The fraction of sp³-hybridized carbons (Fsp3) is 0.636. The van der Waals surface area contributed by atoms with E-state index in [9.17, 15) is 9.90 Å². The maximum atomic E-state index is 12.9. The number of ether oxygens (including phenoxy) is 1. The largest absolute Gasteiger partial charge is 0.393 e. The van der Waals surface area contributed by atoms with Gasteiger partial charge in [-0.3, -0.25) is 9.48 Å². The third kappa shape index (κ3) is 4.63. The van der Waals surface area contributed by atoms with Gasteiger partial charge in [0.1, 0.15) is 0 Å². The number of rotatable bonds is 5. The first-order valence-electron chi connectivity index (χ1n) is 10.8. The van der Waals surface area contributed by atoms with Crippen LogP contribution in [-0.2, 0) is 4.74 Å². The van der Waals surface area contributed by atoms with Gasteiger partial charge in [-0.05, 0) is 52.0 Å². The molecule has 4 rings (SSSR count). The van der Waals surface area contributed by atoms with Gasteiger partial charge in [0.25, 0.3) is 5.91 Å². The highest BCUT2D eigenvalue weighted by atomic mass is 16.5. The van der Waals surface area contributed by atoms with Gasteiger partial charge in [0, 0.05) is 36.7 Å². The van der Waals surface area contributed by atoms with Gasteiger partial charge < -0.3 is 20.5 Å². The minimum absolute atomic E-state index is 0.0968. The number of piperidine rings is 1. The van der Waals surface area contributed by atoms with E-state index in [0.717, 1.165) is 49.6 Å². The number of carbonyl (C=O) groups excluding carboxylic acids is 1. The van der Waals surface area contributed by atoms with Crippen molar-refractivity contribution in [2.75, 3.05) is 13.2 Å². The summed E-state index contributed by atoms with van der Waals surface area (Å²) in [6.45, 7) is 5.53. The number of hydrogen-bond acceptors (Lipinski definition) is 5. The number of nitrogens with zero attached hydrogens (tertiary/aromatic N) is 2. The summed E-state index contributed by atoms with van der Waals surface area (Å²) in [6, 6.07) is 8.56. The van der Waals surface area contributed by atoms with E-state index in [-0.39, 0.29) is 30.2 Å². The van der Waals surface area contributed by atoms with E-state index in [1.807, 2.05) is 28.9 Å². The Morgan fingerprint density at radius 3 is 2.90 bits per heavy atom. The molecule has 2 unspecified atom stereocenters. The third-order valence-electron chi connectivity index (χ3n) is 6.06. The number of aromatic nitrogens is 2. The lowest BCUT2D eigenvalue weighted by Gasteiger charge is -2.34. The van der Waals surface area contributed by atoms with Gasteiger partial charge in [0.15, 0.2) is 5.69 Å². The molecule has 158 valence electrons. The van der Waals surface area contributed by atoms with Crippen LogP contribution >= 0.6 is 0 Å². The lowest BCUT2D eigenvalue weighted by atomic mass is 9.93. The van der Waals surface area contributed by atoms with E-state index in [2.05, 4.69) is 29.6 Å². The highest BCUT2D eigenvalue weighted by molar-refractivity contribution is 6.05. The summed E-state index contributed by atoms with van der Waals surface area (Å²) in [5, 5.41) is 22.0. The molecule has 2 saturated heterocycles. The molecule has 1 aromatic carbocycles. The number of carbonyl (C=O) groups is 1. The zero-order valence-electron chi connectivity index (χ0n) is 17.3. The molecule has 0 saturated carbocycles. The molecule has 7 nitrogen and oxygen atoms in total. The Bertz CT molecular complexity index is 842. The SMILES string of the molecule is CC(C)n1nc(C(=O)N[C@H]2CC[C@@H](CC3CC(O)CCO3)NC2)c2ccccc21. The van der Waals surface area contributed by atoms with Crippen LogP contribution in [0.1, 0.15) is 62.5 Å². The first-order valence-corrected chi connectivity index (χ1v) is 10.8. The van der Waals surface area contributed by atoms with Crippen molar-refractivity contribution in [1.29, 1.82) is 0 Å². The maximum Gasteiger partial charge on any atom is 0.272 e. The van der Waals surface area contributed by atoms with Crippen LogP contribution in [0, 0.1) is 0 Å². The average Bonchev–Trinajstić information content (AvgIpc) is 3.10. The zero-order valence-corrected chi connectivity index (χ0v) is 17.3. The number of amides is 1. The molecule has 3 heterocycles. The second-order valence-corrected chi connectivity index (χ2v) is 8.66. The van der Waals surface area contributed by atoms with Crippen LogP contribution in [0.2, 0.25) is 0 Å². The molecular formula is C22H32N4O3. The number of aliphatic hydroxyl groups is 1. The number of aliphatic hydroxyl groups excluding tert-OH is 1. The van der Waals surface area contributed by atoms with Crippen molar-refractivity contribution in [3.63, 3.8) is 0 Å². The van der Waals surface area contributed by atoms with Gasteiger partial charge in [0.05, 0.1) is 17.7 Å². The predicted octanol–water partition coefficient (Wildman–Crippen LogP) is 2.40. The van der Waals surface area contributed by atoms with Crippen LogP contribution in [0.15, 0.2) is 24.3 Å². The fourth-order valence-corrected chi connectivity index (χ4v) is 4.49. The Hall–Kier alpha value is -1.96. The normalized spacial score (nSPS) is 28.0. The van der Waals surface area contributed by atoms with Crippen LogP contribution in [-0.4, -0.2) is 58.2 Å². The van der Waals surface area contributed by atoms with Gasteiger partial charge in [0.2, 0.25) is 0 Å². The lowest BCUT2D eigenvalue weighted by Crippen LogP contribution is -2.50. The Kier molecular flexibility index (Phi) is 6.18. The molecular weight excluding hydrogens is 368 g/mol. The van der Waals surface area contributed by atoms with Crippen molar-refractivity contribution < 1.29 is 14.6 Å². The van der Waals surface area contributed by atoms with Gasteiger partial charge in [-0.15, -0.1) is 0 Å². The van der Waals surface area contributed by atoms with E-state index in [1.54, 1.807) is 0 Å². The quantitative estimate of drug-likeness (QED) is 0.717. The van der Waals surface area contributed by atoms with E-state index in [1.165, 1.54) is 0 Å². The average molecular weight is 401 g/mol. The van der Waals surface area contributed by atoms with Gasteiger partial charge in [-0.25, -0.2) is 0 Å². The molecule has 3 N–H and O–H groups in total. The summed E-state index contributed by atoms with van der Waals surface area (Å²) in [7, 11) is 0. The van der Waals surface area contributed by atoms with Gasteiger partial charge in [-0.1, -0.05) is 18.2 Å². The molecule has 0 bridgehead atoms. The molecule has 4 atom stereocenters. The zero-order chi connectivity index (χ0) is 20.4. The minimum Gasteiger partial charge on any atom is -0.393 e. The predicted molar refractivity (Wildman–Crippen MR) is 112 cm³/mol. The highest BCUT2D eigenvalue weighted by Gasteiger charge is 2.28. The van der Waals surface area contributed by atoms with Crippen molar-refractivity contribution in [1.82, 2.24) is 20.4 Å². The number of benzene rings is 1. The second-order valence-electron chi connectivity index (χ2n) is 8.66. The van der Waals surface area contributed by atoms with Crippen molar-refractivity contribution in [2.24, 2.45) is 0 Å². The summed E-state index contributed by atoms with van der Waals surface area (Å²) in [5.41, 5.74) is 1.49. The molecule has 2 fully saturated rings. The number of hydrogen-bond donors (Lipinski definition) is 3. The summed E-state index contributed by atoms with van der Waals surface area (Å²) >= 11 is 0. The Balaban J connectivity index is 1.34. The first-order chi connectivity index (χ1) is 14.0. The van der Waals surface area contributed by atoms with E-state index < -0.39 is 0 Å². The smallest absolute Gasteiger partial charge is 0.272 e. The second kappa shape index (κ2) is 8.81. The standard InChI is InChI=1S/C22H32N4O3/c1-14(2)26-20-6-4-3-5-19(20)21(25-26)22(28)24-16-8-7-15(23-13-16)11-18-12-17(27)9-10-29-18/h3-6,14-18,23,27H,7-13H2,1-2H3,(H,24,28)/t15-,16-,17?,18?/m0/s1. The molecule has 29 heavy (non-hydrogen) atoms. The van der Waals surface area contributed by atoms with E-state index in [0.29, 0.717) is 18.3 Å². The molecule has 2 aliphatic heterocycles. The van der Waals surface area contributed by atoms with Crippen LogP contribution in [0.4, 0.5) is 0 Å². The molecule has 1 amide bonds.